The fourth-order valence-corrected chi connectivity index (χ4v) is 5.59. The van der Waals surface area contributed by atoms with Crippen LogP contribution in [0.4, 0.5) is 0 Å². The summed E-state index contributed by atoms with van der Waals surface area (Å²) in [6.07, 6.45) is 0. The minimum atomic E-state index is -0.439. The monoisotopic (exact) mass is 524 g/mol. The number of hydrogen-bond acceptors (Lipinski definition) is 6. The van der Waals surface area contributed by atoms with Gasteiger partial charge in [-0.2, -0.15) is 0 Å². The number of rotatable bonds is 9. The first-order valence-corrected chi connectivity index (χ1v) is 13.2. The molecule has 5 rings (SSSR count). The maximum atomic E-state index is 11.6. The first-order valence-electron chi connectivity index (χ1n) is 12.4. The lowest BCUT2D eigenvalue weighted by Crippen LogP contribution is -2.11. The molecule has 4 aromatic carbocycles. The molecule has 7 nitrogen and oxygen atoms in total. The molecule has 5 aromatic rings. The number of nitrogens with zero attached hydrogens (tertiary/aromatic N) is 4. The van der Waals surface area contributed by atoms with Crippen LogP contribution in [0.25, 0.3) is 16.5 Å². The van der Waals surface area contributed by atoms with Crippen LogP contribution in [0.15, 0.2) is 90.1 Å². The fraction of sp³-hybridized carbons (Fsp3) is 0.200. The van der Waals surface area contributed by atoms with Gasteiger partial charge in [0.05, 0.1) is 0 Å². The summed E-state index contributed by atoms with van der Waals surface area (Å²) in [5, 5.41) is 22.7. The molecule has 0 saturated carbocycles. The van der Waals surface area contributed by atoms with Crippen molar-refractivity contribution in [2.45, 2.75) is 37.8 Å². The summed E-state index contributed by atoms with van der Waals surface area (Å²) in [6.45, 7) is 6.21. The van der Waals surface area contributed by atoms with E-state index in [4.69, 9.17) is 4.74 Å². The Labute approximate surface area is 225 Å². The van der Waals surface area contributed by atoms with Crippen molar-refractivity contribution in [3.63, 3.8) is 0 Å². The second-order valence-corrected chi connectivity index (χ2v) is 10.4. The van der Waals surface area contributed by atoms with Crippen molar-refractivity contribution in [3.05, 3.63) is 123 Å². The van der Waals surface area contributed by atoms with Crippen LogP contribution in [-0.2, 0) is 6.61 Å². The summed E-state index contributed by atoms with van der Waals surface area (Å²) in [5.74, 6) is 1.44. The summed E-state index contributed by atoms with van der Waals surface area (Å²) < 4.78 is 8.02. The zero-order valence-electron chi connectivity index (χ0n) is 21.5. The maximum absolute atomic E-state index is 11.6. The molecular weight excluding hydrogens is 496 g/mol. The molecule has 0 saturated heterocycles. The zero-order valence-corrected chi connectivity index (χ0v) is 22.3. The number of nitro groups is 1. The lowest BCUT2D eigenvalue weighted by Gasteiger charge is -2.15. The van der Waals surface area contributed by atoms with Gasteiger partial charge in [0, 0.05) is 10.6 Å². The van der Waals surface area contributed by atoms with Crippen LogP contribution in [0.5, 0.6) is 5.75 Å². The van der Waals surface area contributed by atoms with Gasteiger partial charge in [-0.1, -0.05) is 72.4 Å². The van der Waals surface area contributed by atoms with Crippen molar-refractivity contribution >= 4 is 22.5 Å². The second-order valence-electron chi connectivity index (χ2n) is 9.25. The zero-order chi connectivity index (χ0) is 26.6. The molecule has 192 valence electrons. The van der Waals surface area contributed by atoms with Crippen LogP contribution in [0.3, 0.4) is 0 Å². The third kappa shape index (κ3) is 5.55. The number of aromatic nitrogens is 3. The Morgan fingerprint density at radius 3 is 2.45 bits per heavy atom. The molecule has 0 aliphatic heterocycles. The predicted molar refractivity (Wildman–Crippen MR) is 151 cm³/mol. The fourth-order valence-electron chi connectivity index (χ4n) is 4.41. The molecular formula is C30H28N4O3S. The van der Waals surface area contributed by atoms with Crippen LogP contribution < -0.4 is 4.74 Å². The van der Waals surface area contributed by atoms with Crippen molar-refractivity contribution in [2.24, 2.45) is 0 Å². The molecule has 8 heteroatoms. The van der Waals surface area contributed by atoms with E-state index in [-0.39, 0.29) is 11.5 Å². The van der Waals surface area contributed by atoms with Crippen LogP contribution in [0.2, 0.25) is 0 Å². The summed E-state index contributed by atoms with van der Waals surface area (Å²) in [4.78, 5) is 11.3. The number of aryl methyl sites for hydroxylation is 3. The summed E-state index contributed by atoms with van der Waals surface area (Å²) >= 11 is 1.35. The Morgan fingerprint density at radius 2 is 1.68 bits per heavy atom. The van der Waals surface area contributed by atoms with Gasteiger partial charge in [0.1, 0.15) is 23.4 Å². The van der Waals surface area contributed by atoms with E-state index in [2.05, 4.69) is 60.4 Å². The summed E-state index contributed by atoms with van der Waals surface area (Å²) in [5.41, 5.74) is 5.23. The van der Waals surface area contributed by atoms with Crippen LogP contribution in [-0.4, -0.2) is 26.2 Å². The summed E-state index contributed by atoms with van der Waals surface area (Å²) in [7, 11) is 0. The van der Waals surface area contributed by atoms with Gasteiger partial charge in [-0.25, -0.2) is 0 Å². The first-order chi connectivity index (χ1) is 18.4. The third-order valence-corrected chi connectivity index (χ3v) is 7.81. The Morgan fingerprint density at radius 1 is 0.921 bits per heavy atom. The number of ether oxygens (including phenoxy) is 1. The number of benzene rings is 4. The highest BCUT2D eigenvalue weighted by Crippen LogP contribution is 2.37. The molecule has 38 heavy (non-hydrogen) atoms. The lowest BCUT2D eigenvalue weighted by molar-refractivity contribution is -0.479. The Hall–Kier alpha value is -4.17. The van der Waals surface area contributed by atoms with Crippen LogP contribution in [0.1, 0.15) is 33.3 Å². The van der Waals surface area contributed by atoms with E-state index in [1.165, 1.54) is 22.7 Å². The largest absolute Gasteiger partial charge is 0.489 e. The third-order valence-electron chi connectivity index (χ3n) is 6.63. The number of fused-ring (bicyclic) bond motifs is 1. The molecule has 0 radical (unpaired) electrons. The second kappa shape index (κ2) is 11.1. The van der Waals surface area contributed by atoms with Crippen molar-refractivity contribution in [1.82, 2.24) is 14.8 Å². The highest BCUT2D eigenvalue weighted by molar-refractivity contribution is 7.99. The van der Waals surface area contributed by atoms with E-state index in [1.807, 2.05) is 60.0 Å². The van der Waals surface area contributed by atoms with Crippen molar-refractivity contribution < 1.29 is 9.66 Å². The normalized spacial score (nSPS) is 12.0. The van der Waals surface area contributed by atoms with E-state index >= 15 is 0 Å². The molecule has 0 aliphatic rings. The number of hydrogen-bond donors (Lipinski definition) is 0. The minimum absolute atomic E-state index is 0.236. The lowest BCUT2D eigenvalue weighted by atomic mass is 10.1. The average molecular weight is 525 g/mol. The Bertz CT molecular complexity index is 1590. The topological polar surface area (TPSA) is 83.1 Å². The molecule has 0 bridgehead atoms. The van der Waals surface area contributed by atoms with E-state index < -0.39 is 5.25 Å². The Balaban J connectivity index is 1.35. The van der Waals surface area contributed by atoms with E-state index in [0.717, 1.165) is 33.6 Å². The molecule has 0 unspecified atom stereocenters. The highest BCUT2D eigenvalue weighted by Gasteiger charge is 2.24. The van der Waals surface area contributed by atoms with E-state index in [0.29, 0.717) is 17.5 Å². The molecule has 0 fully saturated rings. The predicted octanol–water partition coefficient (Wildman–Crippen LogP) is 7.03. The molecule has 1 atom stereocenters. The molecule has 0 amide bonds. The van der Waals surface area contributed by atoms with Gasteiger partial charge in [0.15, 0.2) is 5.16 Å². The quantitative estimate of drug-likeness (QED) is 0.117. The molecule has 1 heterocycles. The maximum Gasteiger partial charge on any atom is 0.220 e. The van der Waals surface area contributed by atoms with Gasteiger partial charge in [0.2, 0.25) is 6.54 Å². The molecule has 0 spiro atoms. The van der Waals surface area contributed by atoms with Gasteiger partial charge in [-0.15, -0.1) is 10.2 Å². The molecule has 0 aliphatic carbocycles. The average Bonchev–Trinajstić information content (AvgIpc) is 3.28. The van der Waals surface area contributed by atoms with Gasteiger partial charge in [-0.05, 0) is 78.1 Å². The van der Waals surface area contributed by atoms with Crippen LogP contribution >= 0.6 is 11.8 Å². The minimum Gasteiger partial charge on any atom is -0.489 e. The van der Waals surface area contributed by atoms with Crippen molar-refractivity contribution in [3.8, 4) is 11.4 Å². The van der Waals surface area contributed by atoms with Crippen molar-refractivity contribution in [1.29, 1.82) is 0 Å². The molecule has 0 N–H and O–H groups in total. The summed E-state index contributed by atoms with van der Waals surface area (Å²) in [6, 6.07) is 28.1. The van der Waals surface area contributed by atoms with E-state index in [1.54, 1.807) is 0 Å². The van der Waals surface area contributed by atoms with Gasteiger partial charge in [-0.3, -0.25) is 14.7 Å². The molecule has 1 aromatic heterocycles. The van der Waals surface area contributed by atoms with Crippen molar-refractivity contribution in [2.75, 3.05) is 6.54 Å². The SMILES string of the molecule is Cc1ccc(-n2c(C)nnc2S[C@H](C[N+](=O)[O-])c2ccc(OCc3cccc4ccccc34)cc2)cc1C. The van der Waals surface area contributed by atoms with Gasteiger partial charge in [0.25, 0.3) is 0 Å². The smallest absolute Gasteiger partial charge is 0.220 e. The highest BCUT2D eigenvalue weighted by atomic mass is 32.2. The standard InChI is InChI=1S/C30H28N4O3S/c1-20-11-14-26(17-21(20)2)34-22(3)31-32-30(34)38-29(18-33(35)36)24-12-15-27(16-13-24)37-19-25-9-6-8-23-7-4-5-10-28(23)25/h4-17,29H,18-19H2,1-3H3/t29-/m1/s1. The van der Waals surface area contributed by atoms with E-state index in [9.17, 15) is 10.1 Å². The van der Waals surface area contributed by atoms with Gasteiger partial charge >= 0.3 is 0 Å². The number of thioether (sulfide) groups is 1. The van der Waals surface area contributed by atoms with Crippen LogP contribution in [0, 0.1) is 30.9 Å². The first kappa shape index (κ1) is 25.5. The Kier molecular flexibility index (Phi) is 7.42. The van der Waals surface area contributed by atoms with Gasteiger partial charge < -0.3 is 4.74 Å².